The van der Waals surface area contributed by atoms with E-state index in [9.17, 15) is 28.8 Å². The zero-order valence-corrected chi connectivity index (χ0v) is 32.0. The van der Waals surface area contributed by atoms with Crippen LogP contribution >= 0.6 is 0 Å². The third-order valence-corrected chi connectivity index (χ3v) is 12.3. The van der Waals surface area contributed by atoms with E-state index in [1.54, 1.807) is 24.4 Å². The van der Waals surface area contributed by atoms with Crippen LogP contribution < -0.4 is 26.2 Å². The van der Waals surface area contributed by atoms with Crippen molar-refractivity contribution in [1.29, 1.82) is 0 Å². The van der Waals surface area contributed by atoms with Crippen LogP contribution in [0, 0.1) is 5.92 Å². The summed E-state index contributed by atoms with van der Waals surface area (Å²) in [6, 6.07) is 11.8. The molecule has 16 nitrogen and oxygen atoms in total. The van der Waals surface area contributed by atoms with Gasteiger partial charge in [-0.05, 0) is 75.3 Å². The predicted octanol–water partition coefficient (Wildman–Crippen LogP) is 4.36. The molecule has 5 aliphatic rings. The number of anilines is 4. The molecule has 2 saturated carbocycles. The van der Waals surface area contributed by atoms with Crippen LogP contribution in [0.15, 0.2) is 59.5 Å². The topological polar surface area (TPSA) is 199 Å². The van der Waals surface area contributed by atoms with Crippen molar-refractivity contribution in [1.82, 2.24) is 30.4 Å². The summed E-state index contributed by atoms with van der Waals surface area (Å²) in [7, 11) is 0. The van der Waals surface area contributed by atoms with Gasteiger partial charge in [-0.2, -0.15) is 0 Å². The second-order valence-corrected chi connectivity index (χ2v) is 15.9. The molecule has 6 amide bonds. The van der Waals surface area contributed by atoms with Crippen LogP contribution in [0.25, 0.3) is 11.1 Å². The fourth-order valence-corrected chi connectivity index (χ4v) is 9.04. The number of benzene rings is 2. The molecule has 0 spiro atoms. The summed E-state index contributed by atoms with van der Waals surface area (Å²) in [5, 5.41) is 12.4. The highest BCUT2D eigenvalue weighted by Crippen LogP contribution is 2.33. The summed E-state index contributed by atoms with van der Waals surface area (Å²) in [6.45, 7) is 2.16. The number of oxazole rings is 1. The molecule has 2 aromatic carbocycles. The van der Waals surface area contributed by atoms with Gasteiger partial charge in [-0.25, -0.2) is 9.97 Å². The molecule has 300 valence electrons. The normalized spacial score (nSPS) is 22.6. The molecule has 4 N–H and O–H groups in total. The number of carbonyl (C=O) groups is 6. The zero-order chi connectivity index (χ0) is 39.9. The fourth-order valence-electron chi connectivity index (χ4n) is 9.04. The van der Waals surface area contributed by atoms with Crippen molar-refractivity contribution in [3.63, 3.8) is 0 Å². The molecule has 0 radical (unpaired) electrons. The first kappa shape index (κ1) is 37.3. The third kappa shape index (κ3) is 7.34. The Hall–Kier alpha value is -6.32. The lowest BCUT2D eigenvalue weighted by Crippen LogP contribution is -2.54. The van der Waals surface area contributed by atoms with E-state index in [0.717, 1.165) is 53.2 Å². The van der Waals surface area contributed by atoms with Crippen molar-refractivity contribution in [2.45, 2.75) is 82.3 Å². The van der Waals surface area contributed by atoms with E-state index >= 15 is 0 Å². The number of aromatic nitrogens is 2. The Bertz CT molecular complexity index is 2300. The molecule has 2 aromatic heterocycles. The van der Waals surface area contributed by atoms with Crippen molar-refractivity contribution in [2.75, 3.05) is 41.7 Å². The predicted molar refractivity (Wildman–Crippen MR) is 213 cm³/mol. The lowest BCUT2D eigenvalue weighted by Gasteiger charge is -2.39. The summed E-state index contributed by atoms with van der Waals surface area (Å²) in [6.07, 6.45) is 10.3. The molecule has 16 heteroatoms. The standard InChI is InChI=1S/C42H45N9O7/c52-37-14-13-34(39(54)48-37)51-41(56)29-11-10-28(20-30(29)42(51)57)49-15-17-50(18-16-49)40(55)24-5-7-26(8-6-24)47-38(53)31-22-43-36(21-33(31)45-25-3-1-2-4-25)46-27-9-12-32-35(19-27)58-23-44-32/h9-12,19-26,34H,1-8,13-18H2,(H,47,53)(H2,43,45,46)(H,48,52,54). The quantitative estimate of drug-likeness (QED) is 0.175. The smallest absolute Gasteiger partial charge is 0.262 e. The number of piperazine rings is 1. The maximum Gasteiger partial charge on any atom is 0.262 e. The van der Waals surface area contributed by atoms with E-state index in [4.69, 9.17) is 4.42 Å². The van der Waals surface area contributed by atoms with Crippen molar-refractivity contribution < 1.29 is 33.2 Å². The molecule has 2 aliphatic carbocycles. The molecule has 4 fully saturated rings. The largest absolute Gasteiger partial charge is 0.443 e. The van der Waals surface area contributed by atoms with Crippen LogP contribution in [0.1, 0.15) is 95.3 Å². The first-order valence-corrected chi connectivity index (χ1v) is 20.3. The maximum absolute atomic E-state index is 13.7. The van der Waals surface area contributed by atoms with Crippen LogP contribution in [0.2, 0.25) is 0 Å². The molecule has 1 unspecified atom stereocenters. The van der Waals surface area contributed by atoms with Crippen LogP contribution in [-0.4, -0.2) is 99.5 Å². The average molecular weight is 788 g/mol. The van der Waals surface area contributed by atoms with Crippen molar-refractivity contribution in [2.24, 2.45) is 5.92 Å². The SMILES string of the molecule is O=C1CCC(N2C(=O)c3ccc(N4CCN(C(=O)C5CCC(NC(=O)c6cnc(Nc7ccc8ncoc8c7)cc6NC6CCCC6)CC5)CC4)cc3C2=O)C(=O)N1. The van der Waals surface area contributed by atoms with Crippen LogP contribution in [0.5, 0.6) is 0 Å². The number of hydrogen-bond acceptors (Lipinski definition) is 12. The lowest BCUT2D eigenvalue weighted by molar-refractivity contribution is -0.137. The van der Waals surface area contributed by atoms with Gasteiger partial charge < -0.3 is 30.2 Å². The van der Waals surface area contributed by atoms with Crippen LogP contribution in [0.3, 0.4) is 0 Å². The first-order valence-electron chi connectivity index (χ1n) is 20.3. The maximum atomic E-state index is 13.7. The van der Waals surface area contributed by atoms with E-state index < -0.39 is 29.7 Å². The minimum atomic E-state index is -1.02. The molecule has 4 aromatic rings. The molecular weight excluding hydrogens is 743 g/mol. The van der Waals surface area contributed by atoms with Gasteiger partial charge in [-0.1, -0.05) is 12.8 Å². The Morgan fingerprint density at radius 1 is 0.793 bits per heavy atom. The highest BCUT2D eigenvalue weighted by Gasteiger charge is 2.45. The molecular formula is C42H45N9O7. The van der Waals surface area contributed by atoms with Gasteiger partial charge in [0.15, 0.2) is 12.0 Å². The number of carbonyl (C=O) groups excluding carboxylic acids is 6. The lowest BCUT2D eigenvalue weighted by atomic mass is 9.85. The van der Waals surface area contributed by atoms with Crippen LogP contribution in [0.4, 0.5) is 22.9 Å². The summed E-state index contributed by atoms with van der Waals surface area (Å²) in [4.78, 5) is 91.7. The number of imide groups is 2. The van der Waals surface area contributed by atoms with E-state index in [0.29, 0.717) is 68.8 Å². The molecule has 5 heterocycles. The Labute approximate surface area is 334 Å². The van der Waals surface area contributed by atoms with Gasteiger partial charge in [0.05, 0.1) is 22.4 Å². The van der Waals surface area contributed by atoms with Gasteiger partial charge in [0.1, 0.15) is 17.4 Å². The van der Waals surface area contributed by atoms with Gasteiger partial charge in [-0.3, -0.25) is 39.0 Å². The number of fused-ring (bicyclic) bond motifs is 2. The first-order chi connectivity index (χ1) is 28.2. The number of hydrogen-bond donors (Lipinski definition) is 4. The number of pyridine rings is 1. The number of rotatable bonds is 9. The number of amides is 6. The fraction of sp³-hybridized carbons (Fsp3) is 0.429. The number of nitrogens with zero attached hydrogens (tertiary/aromatic N) is 5. The number of nitrogens with one attached hydrogen (secondary N) is 4. The van der Waals surface area contributed by atoms with E-state index in [1.807, 2.05) is 29.2 Å². The second-order valence-electron chi connectivity index (χ2n) is 15.9. The minimum absolute atomic E-state index is 0.0560. The average Bonchev–Trinajstić information content (AvgIpc) is 3.98. The summed E-state index contributed by atoms with van der Waals surface area (Å²) in [5.41, 5.74) is 4.69. The van der Waals surface area contributed by atoms with Crippen LogP contribution in [-0.2, 0) is 14.4 Å². The van der Waals surface area contributed by atoms with Gasteiger partial charge >= 0.3 is 0 Å². The Morgan fingerprint density at radius 3 is 2.34 bits per heavy atom. The van der Waals surface area contributed by atoms with E-state index in [1.165, 1.54) is 6.39 Å². The summed E-state index contributed by atoms with van der Waals surface area (Å²) >= 11 is 0. The van der Waals surface area contributed by atoms with Crippen molar-refractivity contribution in [3.05, 3.63) is 71.7 Å². The minimum Gasteiger partial charge on any atom is -0.443 e. The highest BCUT2D eigenvalue weighted by molar-refractivity contribution is 6.23. The third-order valence-electron chi connectivity index (χ3n) is 12.3. The van der Waals surface area contributed by atoms with Crippen molar-refractivity contribution >= 4 is 69.4 Å². The van der Waals surface area contributed by atoms with Gasteiger partial charge in [0.25, 0.3) is 17.7 Å². The van der Waals surface area contributed by atoms with Crippen molar-refractivity contribution in [3.8, 4) is 0 Å². The zero-order valence-electron chi connectivity index (χ0n) is 32.0. The highest BCUT2D eigenvalue weighted by atomic mass is 16.3. The second kappa shape index (κ2) is 15.6. The summed E-state index contributed by atoms with van der Waals surface area (Å²) < 4.78 is 5.45. The molecule has 1 atom stereocenters. The monoisotopic (exact) mass is 787 g/mol. The van der Waals surface area contributed by atoms with E-state index in [-0.39, 0.29) is 53.8 Å². The molecule has 0 bridgehead atoms. The molecule has 2 saturated heterocycles. The van der Waals surface area contributed by atoms with Gasteiger partial charge in [0.2, 0.25) is 17.7 Å². The Morgan fingerprint density at radius 2 is 1.57 bits per heavy atom. The van der Waals surface area contributed by atoms with E-state index in [2.05, 4.69) is 36.1 Å². The van der Waals surface area contributed by atoms with Gasteiger partial charge in [0, 0.05) is 80.3 Å². The molecule has 3 aliphatic heterocycles. The molecule has 9 rings (SSSR count). The Balaban J connectivity index is 0.779. The number of piperidine rings is 1. The molecule has 58 heavy (non-hydrogen) atoms. The van der Waals surface area contributed by atoms with Gasteiger partial charge in [-0.15, -0.1) is 0 Å². The Kier molecular flexibility index (Phi) is 9.99. The summed E-state index contributed by atoms with van der Waals surface area (Å²) in [5.74, 6) is -1.72.